The Morgan fingerprint density at radius 2 is 2.12 bits per heavy atom. The van der Waals surface area contributed by atoms with E-state index in [0.717, 1.165) is 31.0 Å². The highest BCUT2D eigenvalue weighted by Gasteiger charge is 2.25. The number of para-hydroxylation sites is 1. The van der Waals surface area contributed by atoms with Crippen molar-refractivity contribution in [1.29, 1.82) is 0 Å². The Hall–Kier alpha value is -1.09. The molecule has 0 saturated heterocycles. The first-order valence-electron chi connectivity index (χ1n) is 6.36. The fourth-order valence-electron chi connectivity index (χ4n) is 2.15. The van der Waals surface area contributed by atoms with Crippen LogP contribution in [0.1, 0.15) is 31.7 Å². The lowest BCUT2D eigenvalue weighted by Gasteiger charge is -2.26. The van der Waals surface area contributed by atoms with Crippen molar-refractivity contribution in [3.63, 3.8) is 0 Å². The second-order valence-electron chi connectivity index (χ2n) is 4.77. The van der Waals surface area contributed by atoms with Crippen molar-refractivity contribution in [2.24, 2.45) is 11.7 Å². The van der Waals surface area contributed by atoms with Gasteiger partial charge in [0.1, 0.15) is 4.99 Å². The van der Waals surface area contributed by atoms with E-state index in [1.165, 1.54) is 18.5 Å². The number of nitrogens with two attached hydrogens (primary N) is 1. The van der Waals surface area contributed by atoms with Crippen molar-refractivity contribution in [1.82, 2.24) is 0 Å². The van der Waals surface area contributed by atoms with Crippen LogP contribution in [0.2, 0.25) is 0 Å². The van der Waals surface area contributed by atoms with Gasteiger partial charge in [-0.1, -0.05) is 31.3 Å². The summed E-state index contributed by atoms with van der Waals surface area (Å²) >= 11 is 5.13. The number of nitrogens with zero attached hydrogens (tertiary/aromatic N) is 1. The highest BCUT2D eigenvalue weighted by molar-refractivity contribution is 7.80. The zero-order valence-corrected chi connectivity index (χ0v) is 11.2. The van der Waals surface area contributed by atoms with Gasteiger partial charge in [-0.15, -0.1) is 0 Å². The number of rotatable bonds is 6. The highest BCUT2D eigenvalue weighted by Crippen LogP contribution is 2.32. The fourth-order valence-corrected chi connectivity index (χ4v) is 2.32. The average Bonchev–Trinajstić information content (AvgIpc) is 3.12. The molecule has 17 heavy (non-hydrogen) atoms. The van der Waals surface area contributed by atoms with Crippen LogP contribution in [0.4, 0.5) is 5.69 Å². The third-order valence-corrected chi connectivity index (χ3v) is 3.40. The predicted molar refractivity (Wildman–Crippen MR) is 77.6 cm³/mol. The molecule has 3 heteroatoms. The maximum Gasteiger partial charge on any atom is 0.106 e. The van der Waals surface area contributed by atoms with Crippen molar-refractivity contribution >= 4 is 22.9 Å². The monoisotopic (exact) mass is 248 g/mol. The summed E-state index contributed by atoms with van der Waals surface area (Å²) in [5, 5.41) is 0. The van der Waals surface area contributed by atoms with Crippen molar-refractivity contribution < 1.29 is 0 Å². The van der Waals surface area contributed by atoms with Crippen LogP contribution in [0.5, 0.6) is 0 Å². The van der Waals surface area contributed by atoms with Gasteiger partial charge in [-0.3, -0.25) is 0 Å². The minimum absolute atomic E-state index is 0.498. The number of anilines is 1. The van der Waals surface area contributed by atoms with Crippen molar-refractivity contribution in [2.75, 3.05) is 18.0 Å². The maximum atomic E-state index is 5.80. The lowest BCUT2D eigenvalue weighted by molar-refractivity contribution is 0.708. The molecule has 1 aliphatic carbocycles. The Kier molecular flexibility index (Phi) is 4.00. The molecule has 2 nitrogen and oxygen atoms in total. The van der Waals surface area contributed by atoms with E-state index in [1.807, 2.05) is 12.1 Å². The van der Waals surface area contributed by atoms with Crippen LogP contribution >= 0.6 is 12.2 Å². The van der Waals surface area contributed by atoms with E-state index in [4.69, 9.17) is 18.0 Å². The van der Waals surface area contributed by atoms with Crippen molar-refractivity contribution in [3.8, 4) is 0 Å². The summed E-state index contributed by atoms with van der Waals surface area (Å²) in [6.07, 6.45) is 3.89. The normalized spacial score (nSPS) is 14.6. The van der Waals surface area contributed by atoms with Gasteiger partial charge in [0.05, 0.1) is 0 Å². The average molecular weight is 248 g/mol. The third kappa shape index (κ3) is 3.19. The summed E-state index contributed by atoms with van der Waals surface area (Å²) in [7, 11) is 0. The molecule has 1 aliphatic rings. The molecule has 1 aromatic rings. The molecule has 0 amide bonds. The van der Waals surface area contributed by atoms with Gasteiger partial charge in [0.25, 0.3) is 0 Å². The second-order valence-corrected chi connectivity index (χ2v) is 5.21. The first-order chi connectivity index (χ1) is 8.22. The van der Waals surface area contributed by atoms with E-state index < -0.39 is 0 Å². The van der Waals surface area contributed by atoms with Gasteiger partial charge >= 0.3 is 0 Å². The summed E-state index contributed by atoms with van der Waals surface area (Å²) in [6, 6.07) is 8.21. The maximum absolute atomic E-state index is 5.80. The van der Waals surface area contributed by atoms with Gasteiger partial charge in [0.2, 0.25) is 0 Å². The Bertz CT molecular complexity index is 399. The van der Waals surface area contributed by atoms with E-state index in [1.54, 1.807) is 0 Å². The molecule has 0 spiro atoms. The molecule has 1 fully saturated rings. The van der Waals surface area contributed by atoms with Crippen LogP contribution in [0.25, 0.3) is 0 Å². The predicted octanol–water partition coefficient (Wildman–Crippen LogP) is 2.95. The largest absolute Gasteiger partial charge is 0.389 e. The molecule has 0 bridgehead atoms. The van der Waals surface area contributed by atoms with E-state index >= 15 is 0 Å². The quantitative estimate of drug-likeness (QED) is 0.785. The lowest BCUT2D eigenvalue weighted by atomic mass is 10.1. The molecule has 2 rings (SSSR count). The first-order valence-corrected chi connectivity index (χ1v) is 6.77. The molecule has 0 unspecified atom stereocenters. The minimum Gasteiger partial charge on any atom is -0.389 e. The van der Waals surface area contributed by atoms with Crippen LogP contribution < -0.4 is 10.6 Å². The van der Waals surface area contributed by atoms with E-state index in [9.17, 15) is 0 Å². The number of thiocarbonyl (C=S) groups is 1. The molecular formula is C14H20N2S. The molecule has 1 saturated carbocycles. The van der Waals surface area contributed by atoms with Gasteiger partial charge in [-0.05, 0) is 37.3 Å². The smallest absolute Gasteiger partial charge is 0.106 e. The first kappa shape index (κ1) is 12.4. The Balaban J connectivity index is 2.23. The van der Waals surface area contributed by atoms with Crippen LogP contribution in [0.3, 0.4) is 0 Å². The number of benzene rings is 1. The van der Waals surface area contributed by atoms with E-state index in [0.29, 0.717) is 4.99 Å². The van der Waals surface area contributed by atoms with Gasteiger partial charge in [-0.25, -0.2) is 0 Å². The van der Waals surface area contributed by atoms with Crippen LogP contribution in [-0.4, -0.2) is 18.1 Å². The molecule has 0 aliphatic heterocycles. The van der Waals surface area contributed by atoms with Gasteiger partial charge in [0.15, 0.2) is 0 Å². The standard InChI is InChI=1S/C14H20N2S/c1-2-9-16(10-11-7-8-11)13-6-4-3-5-12(13)14(15)17/h3-6,11H,2,7-10H2,1H3,(H2,15,17). The molecule has 2 N–H and O–H groups in total. The second kappa shape index (κ2) is 5.50. The molecule has 1 aromatic carbocycles. The molecular weight excluding hydrogens is 228 g/mol. The summed E-state index contributed by atoms with van der Waals surface area (Å²) in [5.74, 6) is 0.876. The summed E-state index contributed by atoms with van der Waals surface area (Å²) in [5.41, 5.74) is 8.01. The van der Waals surface area contributed by atoms with Gasteiger partial charge in [0, 0.05) is 24.3 Å². The van der Waals surface area contributed by atoms with Crippen LogP contribution in [0.15, 0.2) is 24.3 Å². The summed E-state index contributed by atoms with van der Waals surface area (Å²) < 4.78 is 0. The molecule has 0 radical (unpaired) electrons. The van der Waals surface area contributed by atoms with Gasteiger partial charge in [-0.2, -0.15) is 0 Å². The van der Waals surface area contributed by atoms with E-state index in [-0.39, 0.29) is 0 Å². The van der Waals surface area contributed by atoms with Crippen molar-refractivity contribution in [2.45, 2.75) is 26.2 Å². The Morgan fingerprint density at radius 1 is 1.41 bits per heavy atom. The topological polar surface area (TPSA) is 29.3 Å². The summed E-state index contributed by atoms with van der Waals surface area (Å²) in [4.78, 5) is 2.93. The Morgan fingerprint density at radius 3 is 2.71 bits per heavy atom. The zero-order valence-electron chi connectivity index (χ0n) is 10.4. The number of hydrogen-bond donors (Lipinski definition) is 1. The molecule has 0 aromatic heterocycles. The van der Waals surface area contributed by atoms with Gasteiger partial charge < -0.3 is 10.6 Å². The highest BCUT2D eigenvalue weighted by atomic mass is 32.1. The Labute approximate surface area is 109 Å². The zero-order chi connectivity index (χ0) is 12.3. The third-order valence-electron chi connectivity index (χ3n) is 3.18. The summed E-state index contributed by atoms with van der Waals surface area (Å²) in [6.45, 7) is 4.44. The minimum atomic E-state index is 0.498. The van der Waals surface area contributed by atoms with Crippen LogP contribution in [0, 0.1) is 5.92 Å². The molecule has 0 atom stereocenters. The number of hydrogen-bond acceptors (Lipinski definition) is 2. The van der Waals surface area contributed by atoms with Crippen molar-refractivity contribution in [3.05, 3.63) is 29.8 Å². The van der Waals surface area contributed by atoms with Crippen LogP contribution in [-0.2, 0) is 0 Å². The van der Waals surface area contributed by atoms with E-state index in [2.05, 4.69) is 24.0 Å². The lowest BCUT2D eigenvalue weighted by Crippen LogP contribution is -2.29. The fraction of sp³-hybridized carbons (Fsp3) is 0.500. The molecule has 92 valence electrons. The SMILES string of the molecule is CCCN(CC1CC1)c1ccccc1C(N)=S. The molecule has 0 heterocycles.